The molecule has 3 saturated heterocycles. The molecule has 4 rings (SSSR count). The fourth-order valence-electron chi connectivity index (χ4n) is 3.07. The van der Waals surface area contributed by atoms with Crippen LogP contribution in [0.5, 0.6) is 0 Å². The number of nitrogens with one attached hydrogen (secondary N) is 1. The largest absolute Gasteiger partial charge is 0.360 e. The van der Waals surface area contributed by atoms with Crippen LogP contribution in [0.3, 0.4) is 0 Å². The fourth-order valence-corrected chi connectivity index (χ4v) is 3.07. The maximum Gasteiger partial charge on any atom is 0.312 e. The number of piperidine rings is 3. The van der Waals surface area contributed by atoms with Gasteiger partial charge in [0, 0.05) is 24.8 Å². The highest BCUT2D eigenvalue weighted by Crippen LogP contribution is 2.31. The molecule has 0 spiro atoms. The molecular weight excluding hydrogens is 258 g/mol. The summed E-state index contributed by atoms with van der Waals surface area (Å²) in [6, 6.07) is 3.36. The number of fused-ring (bicyclic) bond motifs is 3. The van der Waals surface area contributed by atoms with Gasteiger partial charge in [0.05, 0.1) is 10.5 Å². The molecule has 4 heterocycles. The smallest absolute Gasteiger partial charge is 0.312 e. The van der Waals surface area contributed by atoms with Gasteiger partial charge in [0.1, 0.15) is 6.07 Å². The van der Waals surface area contributed by atoms with Crippen molar-refractivity contribution in [3.8, 4) is 6.07 Å². The van der Waals surface area contributed by atoms with Gasteiger partial charge in [0.25, 0.3) is 0 Å². The maximum atomic E-state index is 11.1. The lowest BCUT2D eigenvalue weighted by Crippen LogP contribution is -2.53. The van der Waals surface area contributed by atoms with E-state index in [-0.39, 0.29) is 23.1 Å². The highest BCUT2D eigenvalue weighted by Gasteiger charge is 2.35. The Bertz CT molecular complexity index is 575. The topological polar surface area (TPSA) is 95.1 Å². The first-order chi connectivity index (χ1) is 9.67. The van der Waals surface area contributed by atoms with E-state index in [1.807, 2.05) is 6.07 Å². The standard InChI is InChI=1S/C13H15N5O2/c14-6-9-5-12(18(19)20)13(15-7-9)16-11-8-17-3-1-10(11)2-4-17/h5,7,10-11H,1-4,8H2,(H,15,16). The lowest BCUT2D eigenvalue weighted by molar-refractivity contribution is -0.384. The molecule has 3 aliphatic rings. The zero-order valence-electron chi connectivity index (χ0n) is 11.0. The molecule has 1 aromatic rings. The minimum Gasteiger partial charge on any atom is -0.360 e. The second kappa shape index (κ2) is 5.06. The van der Waals surface area contributed by atoms with Crippen LogP contribution in [-0.2, 0) is 0 Å². The summed E-state index contributed by atoms with van der Waals surface area (Å²) in [6.07, 6.45) is 3.63. The van der Waals surface area contributed by atoms with E-state index < -0.39 is 4.92 Å². The van der Waals surface area contributed by atoms with Crippen LogP contribution in [0.2, 0.25) is 0 Å². The Morgan fingerprint density at radius 2 is 2.25 bits per heavy atom. The minimum atomic E-state index is -0.489. The van der Waals surface area contributed by atoms with Crippen LogP contribution in [0.1, 0.15) is 18.4 Å². The number of anilines is 1. The molecule has 1 atom stereocenters. The van der Waals surface area contributed by atoms with E-state index in [4.69, 9.17) is 5.26 Å². The molecule has 104 valence electrons. The predicted molar refractivity (Wildman–Crippen MR) is 72.2 cm³/mol. The molecule has 20 heavy (non-hydrogen) atoms. The first kappa shape index (κ1) is 12.8. The van der Waals surface area contributed by atoms with Gasteiger partial charge in [-0.2, -0.15) is 5.26 Å². The molecule has 3 aliphatic heterocycles. The first-order valence-corrected chi connectivity index (χ1v) is 6.71. The molecule has 7 nitrogen and oxygen atoms in total. The molecule has 0 aliphatic carbocycles. The van der Waals surface area contributed by atoms with Crippen molar-refractivity contribution in [2.45, 2.75) is 18.9 Å². The quantitative estimate of drug-likeness (QED) is 0.660. The van der Waals surface area contributed by atoms with Crippen LogP contribution in [0, 0.1) is 27.4 Å². The third-order valence-electron chi connectivity index (χ3n) is 4.17. The van der Waals surface area contributed by atoms with Crippen LogP contribution in [0.25, 0.3) is 0 Å². The van der Waals surface area contributed by atoms with Crippen LogP contribution in [0.15, 0.2) is 12.3 Å². The summed E-state index contributed by atoms with van der Waals surface area (Å²) in [7, 11) is 0. The van der Waals surface area contributed by atoms with Crippen molar-refractivity contribution in [2.75, 3.05) is 25.0 Å². The van der Waals surface area contributed by atoms with E-state index in [2.05, 4.69) is 15.2 Å². The van der Waals surface area contributed by atoms with Gasteiger partial charge < -0.3 is 10.2 Å². The molecule has 2 bridgehead atoms. The summed E-state index contributed by atoms with van der Waals surface area (Å²) in [5.41, 5.74) is 0.0802. The summed E-state index contributed by atoms with van der Waals surface area (Å²) in [6.45, 7) is 3.14. The molecule has 7 heteroatoms. The summed E-state index contributed by atoms with van der Waals surface area (Å²) < 4.78 is 0. The monoisotopic (exact) mass is 273 g/mol. The van der Waals surface area contributed by atoms with Gasteiger partial charge in [0.2, 0.25) is 5.82 Å². The highest BCUT2D eigenvalue weighted by molar-refractivity contribution is 5.58. The van der Waals surface area contributed by atoms with Crippen molar-refractivity contribution in [1.82, 2.24) is 9.88 Å². The summed E-state index contributed by atoms with van der Waals surface area (Å²) >= 11 is 0. The second-order valence-electron chi connectivity index (χ2n) is 5.35. The van der Waals surface area contributed by atoms with Crippen LogP contribution in [-0.4, -0.2) is 40.5 Å². The van der Waals surface area contributed by atoms with Crippen LogP contribution < -0.4 is 5.32 Å². The third-order valence-corrected chi connectivity index (χ3v) is 4.17. The lowest BCUT2D eigenvalue weighted by atomic mass is 9.84. The minimum absolute atomic E-state index is 0.125. The molecular formula is C13H15N5O2. The third kappa shape index (κ3) is 2.30. The number of hydrogen-bond donors (Lipinski definition) is 1. The Kier molecular flexibility index (Phi) is 3.24. The van der Waals surface area contributed by atoms with Crippen LogP contribution in [0.4, 0.5) is 11.5 Å². The van der Waals surface area contributed by atoms with Gasteiger partial charge in [-0.15, -0.1) is 0 Å². The summed E-state index contributed by atoms with van der Waals surface area (Å²) in [4.78, 5) is 17.0. The van der Waals surface area contributed by atoms with E-state index >= 15 is 0 Å². The molecule has 1 aromatic heterocycles. The lowest BCUT2D eigenvalue weighted by Gasteiger charge is -2.45. The molecule has 0 amide bonds. The number of nitro groups is 1. The van der Waals surface area contributed by atoms with Crippen molar-refractivity contribution >= 4 is 11.5 Å². The average Bonchev–Trinajstić information content (AvgIpc) is 2.48. The molecule has 0 radical (unpaired) electrons. The highest BCUT2D eigenvalue weighted by atomic mass is 16.6. The van der Waals surface area contributed by atoms with E-state index in [0.29, 0.717) is 5.92 Å². The van der Waals surface area contributed by atoms with E-state index in [9.17, 15) is 10.1 Å². The van der Waals surface area contributed by atoms with Crippen molar-refractivity contribution in [3.05, 3.63) is 27.9 Å². The maximum absolute atomic E-state index is 11.1. The zero-order chi connectivity index (χ0) is 14.1. The van der Waals surface area contributed by atoms with Gasteiger partial charge in [-0.05, 0) is 31.8 Å². The van der Waals surface area contributed by atoms with Gasteiger partial charge >= 0.3 is 5.69 Å². The van der Waals surface area contributed by atoms with Gasteiger partial charge in [-0.3, -0.25) is 10.1 Å². The van der Waals surface area contributed by atoms with Crippen molar-refractivity contribution < 1.29 is 4.92 Å². The number of nitrogens with zero attached hydrogens (tertiary/aromatic N) is 4. The van der Waals surface area contributed by atoms with Crippen molar-refractivity contribution in [1.29, 1.82) is 5.26 Å². The van der Waals surface area contributed by atoms with Crippen molar-refractivity contribution in [2.24, 2.45) is 5.92 Å². The van der Waals surface area contributed by atoms with E-state index in [1.54, 1.807) is 0 Å². The molecule has 1 N–H and O–H groups in total. The number of hydrogen-bond acceptors (Lipinski definition) is 6. The number of nitriles is 1. The van der Waals surface area contributed by atoms with E-state index in [1.165, 1.54) is 12.3 Å². The number of aromatic nitrogens is 1. The van der Waals surface area contributed by atoms with Gasteiger partial charge in [-0.1, -0.05) is 0 Å². The SMILES string of the molecule is N#Cc1cnc(NC2CN3CCC2CC3)c([N+](=O)[O-])c1. The molecule has 0 aromatic carbocycles. The predicted octanol–water partition coefficient (Wildman–Crippen LogP) is 1.37. The first-order valence-electron chi connectivity index (χ1n) is 6.71. The molecule has 3 fully saturated rings. The van der Waals surface area contributed by atoms with Gasteiger partial charge in [0.15, 0.2) is 0 Å². The Balaban J connectivity index is 1.84. The zero-order valence-corrected chi connectivity index (χ0v) is 11.0. The van der Waals surface area contributed by atoms with Crippen molar-refractivity contribution in [3.63, 3.8) is 0 Å². The summed E-state index contributed by atoms with van der Waals surface area (Å²) in [5, 5.41) is 23.1. The van der Waals surface area contributed by atoms with Gasteiger partial charge in [-0.25, -0.2) is 4.98 Å². The average molecular weight is 273 g/mol. The van der Waals surface area contributed by atoms with E-state index in [0.717, 1.165) is 32.5 Å². The number of pyridine rings is 1. The Labute approximate surface area is 116 Å². The summed E-state index contributed by atoms with van der Waals surface area (Å²) in [5.74, 6) is 0.824. The Morgan fingerprint density at radius 3 is 2.80 bits per heavy atom. The number of rotatable bonds is 3. The Hall–Kier alpha value is -2.20. The molecule has 1 unspecified atom stereocenters. The Morgan fingerprint density at radius 1 is 1.50 bits per heavy atom. The second-order valence-corrected chi connectivity index (χ2v) is 5.35. The molecule has 0 saturated carbocycles. The normalized spacial score (nSPS) is 27.9. The van der Waals surface area contributed by atoms with Crippen LogP contribution >= 0.6 is 0 Å². The fraction of sp³-hybridized carbons (Fsp3) is 0.538.